The Morgan fingerprint density at radius 1 is 0.236 bits per heavy atom. The summed E-state index contributed by atoms with van der Waals surface area (Å²) in [5.41, 5.74) is 45.1. The van der Waals surface area contributed by atoms with E-state index in [-0.39, 0.29) is 0 Å². The van der Waals surface area contributed by atoms with Gasteiger partial charge in [-0.15, -0.1) is 11.3 Å². The molecule has 12 heterocycles. The highest BCUT2D eigenvalue weighted by Crippen LogP contribution is 2.67. The fraction of sp³-hybridized carbons (Fsp3) is 0.0469. The zero-order valence-electron chi connectivity index (χ0n) is 78.8. The molecule has 0 atom stereocenters. The Morgan fingerprint density at radius 3 is 0.910 bits per heavy atom. The predicted molar refractivity (Wildman–Crippen MR) is 592 cm³/mol. The van der Waals surface area contributed by atoms with Crippen LogP contribution in [0.3, 0.4) is 0 Å². The summed E-state index contributed by atoms with van der Waals surface area (Å²) in [6.45, 7) is 9.46. The van der Waals surface area contributed by atoms with Gasteiger partial charge in [0.05, 0.1) is 33.6 Å². The number of anilines is 9. The molecule has 0 N–H and O–H groups in total. The van der Waals surface area contributed by atoms with Crippen LogP contribution in [0.4, 0.5) is 51.2 Å². The standard InChI is InChI=1S/C45H30BNO2.C43H26BNO3.C40H28BNO2S2Si/c1-27-19-21-40-38(23-27)45(36-15-7-3-11-30(36)31-12-4-8-16-37(31)45)39-24-28(2)20-22-41(39)47(40)29-25-34-32-13-5-9-17-42(32)48-46-44(34)35(26-29)33-14-6-10-18-43(33)49-46;1-9-21-38-28(13-1)30-25-27(26-31-29-14-2-10-22-39(29)48-44(47-38)42(30)31)45-36-19-7-3-15-32(36)43(33-16-4-8-20-37(33)45)34-17-5-11-23-40(34)46-41-24-12-6-18-35(41)43;1-47(2)38-20-25(27-17-19-45-24-27)13-15-33(38)42(34-16-14-26(21-39(34)47)37-12-7-18-46-37)28-22-31-29-8-3-5-10-35(29)43-41-40(31)32(23-28)30-9-4-6-11-36(30)44-41/h3-26H,1-2H3;1-26H;3-24H,1-2H3. The van der Waals surface area contributed by atoms with E-state index in [2.05, 4.69) is 404 Å². The normalized spacial score (nSPS) is 14.7. The first-order chi connectivity index (χ1) is 71.0. The predicted octanol–water partition coefficient (Wildman–Crippen LogP) is 29.6. The fourth-order valence-electron chi connectivity index (χ4n) is 25.2. The molecule has 0 fully saturated rings. The van der Waals surface area contributed by atoms with Crippen molar-refractivity contribution < 1.29 is 32.7 Å². The van der Waals surface area contributed by atoms with Gasteiger partial charge in [-0.05, 0) is 268 Å². The molecule has 10 aliphatic heterocycles. The smallest absolute Gasteiger partial charge is 0.521 e. The topological polar surface area (TPSA) is 74.3 Å². The van der Waals surface area contributed by atoms with Gasteiger partial charge in [-0.1, -0.05) is 309 Å². The lowest BCUT2D eigenvalue weighted by Gasteiger charge is -2.48. The van der Waals surface area contributed by atoms with E-state index in [0.717, 1.165) is 169 Å². The SMILES string of the molecule is C[Si]1(C)c2cc(-c3ccsc3)ccc2N(c2cc3c4c(c2)-c2ccccc2OB4Oc2ccccc2-3)c2ccc(-c3cccs3)cc21.Cc1ccc2c(c1)C1(c3ccccc3-c3ccccc31)c1cc(C)ccc1N2c1cc2c3c(c1)-c1ccccc1OB3Oc1ccccc1-2.c1ccc2c(c1)OB1Oc3ccccc3-c3cc(N4c5ccccc5C5(c6ccccc6Oc6ccccc65)c5ccccc54)cc-2c31. The summed E-state index contributed by atoms with van der Waals surface area (Å²) in [5.74, 6) is 6.79. The van der Waals surface area contributed by atoms with Crippen molar-refractivity contribution >= 4 is 130 Å². The highest BCUT2D eigenvalue weighted by molar-refractivity contribution is 7.13. The maximum absolute atomic E-state index is 6.58. The number of nitrogens with zero attached hydrogens (tertiary/aromatic N) is 3. The fourth-order valence-corrected chi connectivity index (χ4v) is 29.6. The van der Waals surface area contributed by atoms with Gasteiger partial charge in [0, 0.05) is 94.2 Å². The molecule has 16 heteroatoms. The van der Waals surface area contributed by atoms with Crippen LogP contribution in [0.2, 0.25) is 13.1 Å². The van der Waals surface area contributed by atoms with E-state index in [1.54, 1.807) is 22.7 Å². The van der Waals surface area contributed by atoms with Crippen LogP contribution in [-0.2, 0) is 10.8 Å². The molecule has 0 amide bonds. The maximum atomic E-state index is 6.58. The van der Waals surface area contributed by atoms with E-state index in [4.69, 9.17) is 32.7 Å². The van der Waals surface area contributed by atoms with Gasteiger partial charge < -0.3 is 47.4 Å². The van der Waals surface area contributed by atoms with Gasteiger partial charge >= 0.3 is 21.4 Å². The molecule has 0 radical (unpaired) electrons. The molecule has 0 saturated carbocycles. The van der Waals surface area contributed by atoms with Crippen LogP contribution < -0.4 is 74.1 Å². The van der Waals surface area contributed by atoms with Crippen molar-refractivity contribution in [3.8, 4) is 145 Å². The van der Waals surface area contributed by atoms with Crippen molar-refractivity contribution in [1.82, 2.24) is 0 Å². The van der Waals surface area contributed by atoms with Crippen LogP contribution in [-0.4, -0.2) is 29.4 Å². The molecule has 144 heavy (non-hydrogen) atoms. The van der Waals surface area contributed by atoms with Crippen molar-refractivity contribution in [2.45, 2.75) is 37.8 Å². The van der Waals surface area contributed by atoms with Gasteiger partial charge in [-0.2, -0.15) is 11.3 Å². The summed E-state index contributed by atoms with van der Waals surface area (Å²) in [7, 11) is -3.66. The Labute approximate surface area is 844 Å². The molecule has 0 bridgehead atoms. The lowest BCUT2D eigenvalue weighted by atomic mass is 9.61. The van der Waals surface area contributed by atoms with Gasteiger partial charge in [0.2, 0.25) is 0 Å². The Kier molecular flexibility index (Phi) is 18.1. The van der Waals surface area contributed by atoms with Gasteiger partial charge in [0.25, 0.3) is 0 Å². The minimum atomic E-state index is -2.13. The minimum Gasteiger partial charge on any atom is -0.521 e. The molecular weight excluding hydrogens is 1820 g/mol. The maximum Gasteiger partial charge on any atom is 0.633 e. The zero-order valence-corrected chi connectivity index (χ0v) is 81.5. The molecule has 2 aromatic heterocycles. The second-order valence-electron chi connectivity index (χ2n) is 39.4. The number of aryl methyl sites for hydroxylation is 2. The number of benzene rings is 19. The lowest BCUT2D eigenvalue weighted by molar-refractivity contribution is 0.434. The molecule has 32 rings (SSSR count). The summed E-state index contributed by atoms with van der Waals surface area (Å²) >= 11 is 3.55. The third kappa shape index (κ3) is 12.0. The van der Waals surface area contributed by atoms with Crippen LogP contribution in [0.25, 0.3) is 99.5 Å². The van der Waals surface area contributed by atoms with Crippen LogP contribution >= 0.6 is 22.7 Å². The Balaban J connectivity index is 0.000000101. The van der Waals surface area contributed by atoms with E-state index in [0.29, 0.717) is 0 Å². The summed E-state index contributed by atoms with van der Waals surface area (Å²) in [6, 6.07) is 152. The first kappa shape index (κ1) is 82.8. The highest BCUT2D eigenvalue weighted by atomic mass is 32.1. The number of ether oxygens (including phenoxy) is 1. The van der Waals surface area contributed by atoms with E-state index < -0.39 is 40.3 Å². The number of thiophene rings is 2. The molecule has 1 aliphatic carbocycles. The Bertz CT molecular complexity index is 8580. The minimum absolute atomic E-state index is 0.457. The number of hydrogen-bond acceptors (Lipinski definition) is 12. The van der Waals surface area contributed by atoms with Crippen molar-refractivity contribution in [3.63, 3.8) is 0 Å². The van der Waals surface area contributed by atoms with Crippen LogP contribution in [0.5, 0.6) is 46.0 Å². The average Bonchev–Trinajstić information content (AvgIpc) is 0.780. The van der Waals surface area contributed by atoms with Crippen LogP contribution in [0.15, 0.2) is 435 Å². The Morgan fingerprint density at radius 2 is 0.542 bits per heavy atom. The van der Waals surface area contributed by atoms with Gasteiger partial charge in [0.15, 0.2) is 0 Å². The summed E-state index contributed by atoms with van der Waals surface area (Å²) in [4.78, 5) is 8.76. The van der Waals surface area contributed by atoms with Crippen molar-refractivity contribution in [2.75, 3.05) is 14.7 Å². The molecular formula is C128H84B3N3O7S2Si. The molecule has 0 saturated heterocycles. The molecule has 21 aromatic rings. The first-order valence-electron chi connectivity index (χ1n) is 49.3. The van der Waals surface area contributed by atoms with Crippen LogP contribution in [0, 0.1) is 13.8 Å². The van der Waals surface area contributed by atoms with Crippen molar-refractivity contribution in [3.05, 3.63) is 490 Å². The van der Waals surface area contributed by atoms with E-state index in [9.17, 15) is 0 Å². The number of para-hydroxylation sites is 10. The second-order valence-corrected chi connectivity index (χ2v) is 45.4. The van der Waals surface area contributed by atoms with E-state index in [1.807, 2.05) is 72.8 Å². The number of hydrogen-bond donors (Lipinski definition) is 0. The largest absolute Gasteiger partial charge is 0.633 e. The second kappa shape index (κ2) is 31.5. The molecule has 678 valence electrons. The summed E-state index contributed by atoms with van der Waals surface area (Å²) in [6.07, 6.45) is 0. The van der Waals surface area contributed by atoms with E-state index in [1.165, 1.54) is 110 Å². The Hall–Kier alpha value is -17.0. The molecule has 10 nitrogen and oxygen atoms in total. The number of rotatable bonds is 5. The van der Waals surface area contributed by atoms with Crippen LogP contribution in [0.1, 0.15) is 55.6 Å². The zero-order chi connectivity index (χ0) is 95.1. The van der Waals surface area contributed by atoms with Gasteiger partial charge in [-0.25, -0.2) is 0 Å². The van der Waals surface area contributed by atoms with Crippen molar-refractivity contribution in [2.24, 2.45) is 0 Å². The molecule has 19 aromatic carbocycles. The highest BCUT2D eigenvalue weighted by Gasteiger charge is 2.56. The summed E-state index contributed by atoms with van der Waals surface area (Å²) in [5, 5.41) is 9.50. The lowest BCUT2D eigenvalue weighted by Crippen LogP contribution is -2.58. The molecule has 2 spiro atoms. The summed E-state index contributed by atoms with van der Waals surface area (Å²) < 4.78 is 45.6. The quantitative estimate of drug-likeness (QED) is 0.156. The van der Waals surface area contributed by atoms with Gasteiger partial charge in [0.1, 0.15) is 54.1 Å². The number of fused-ring (bicyclic) bond motifs is 31. The van der Waals surface area contributed by atoms with E-state index >= 15 is 0 Å². The molecule has 11 aliphatic rings. The monoisotopic (exact) mass is 1900 g/mol. The third-order valence-electron chi connectivity index (χ3n) is 31.4. The van der Waals surface area contributed by atoms with Gasteiger partial charge in [-0.3, -0.25) is 0 Å². The first-order valence-corrected chi connectivity index (χ1v) is 54.1. The van der Waals surface area contributed by atoms with Crippen molar-refractivity contribution in [1.29, 1.82) is 0 Å². The third-order valence-corrected chi connectivity index (χ3v) is 36.5. The average molecular weight is 1900 g/mol. The molecule has 0 unspecified atom stereocenters.